The molecule has 0 atom stereocenters. The van der Waals surface area contributed by atoms with Gasteiger partial charge in [-0.25, -0.2) is 0 Å². The molecule has 0 aliphatic carbocycles. The second-order valence-corrected chi connectivity index (χ2v) is 8.02. The fraction of sp³-hybridized carbons (Fsp3) is 0.259. The number of hydrogen-bond donors (Lipinski definition) is 2. The lowest BCUT2D eigenvalue weighted by molar-refractivity contribution is -0.114. The van der Waals surface area contributed by atoms with E-state index in [9.17, 15) is 9.59 Å². The van der Waals surface area contributed by atoms with Crippen LogP contribution in [0.25, 0.3) is 0 Å². The molecule has 34 heavy (non-hydrogen) atoms. The first-order valence-electron chi connectivity index (χ1n) is 11.5. The van der Waals surface area contributed by atoms with E-state index in [2.05, 4.69) is 10.6 Å². The third-order valence-electron chi connectivity index (χ3n) is 5.46. The van der Waals surface area contributed by atoms with Crippen LogP contribution in [0.2, 0.25) is 0 Å². The fourth-order valence-corrected chi connectivity index (χ4v) is 3.72. The first-order valence-corrected chi connectivity index (χ1v) is 11.5. The molecule has 7 heteroatoms. The van der Waals surface area contributed by atoms with Crippen molar-refractivity contribution in [2.24, 2.45) is 0 Å². The average Bonchev–Trinajstić information content (AvgIpc) is 3.42. The van der Waals surface area contributed by atoms with Crippen LogP contribution in [0.5, 0.6) is 11.5 Å². The summed E-state index contributed by atoms with van der Waals surface area (Å²) in [5, 5.41) is 5.94. The maximum absolute atomic E-state index is 12.6. The Morgan fingerprint density at radius 3 is 2.15 bits per heavy atom. The molecule has 0 bridgehead atoms. The number of nitrogens with zero attached hydrogens (tertiary/aromatic N) is 1. The van der Waals surface area contributed by atoms with Crippen molar-refractivity contribution in [2.45, 2.75) is 12.8 Å². The van der Waals surface area contributed by atoms with E-state index in [0.717, 1.165) is 37.4 Å². The van der Waals surface area contributed by atoms with Gasteiger partial charge < -0.3 is 25.0 Å². The zero-order valence-corrected chi connectivity index (χ0v) is 19.0. The highest BCUT2D eigenvalue weighted by atomic mass is 16.5. The van der Waals surface area contributed by atoms with E-state index >= 15 is 0 Å². The monoisotopic (exact) mass is 459 g/mol. The molecule has 1 aliphatic heterocycles. The lowest BCUT2D eigenvalue weighted by Gasteiger charge is -2.16. The topological polar surface area (TPSA) is 79.9 Å². The normalized spacial score (nSPS) is 12.8. The molecule has 1 aliphatic rings. The van der Waals surface area contributed by atoms with Gasteiger partial charge in [0, 0.05) is 30.0 Å². The van der Waals surface area contributed by atoms with Crippen LogP contribution in [0.4, 0.5) is 11.4 Å². The number of ether oxygens (including phenoxy) is 2. The van der Waals surface area contributed by atoms with Crippen molar-refractivity contribution < 1.29 is 19.1 Å². The van der Waals surface area contributed by atoms with Crippen LogP contribution in [-0.4, -0.2) is 49.6 Å². The Kier molecular flexibility index (Phi) is 8.00. The molecule has 2 N–H and O–H groups in total. The lowest BCUT2D eigenvalue weighted by Crippen LogP contribution is -2.27. The summed E-state index contributed by atoms with van der Waals surface area (Å²) < 4.78 is 11.3. The molecular weight excluding hydrogens is 430 g/mol. The smallest absolute Gasteiger partial charge is 0.253 e. The minimum absolute atomic E-state index is 0.0412. The van der Waals surface area contributed by atoms with Crippen molar-refractivity contribution in [2.75, 3.05) is 43.5 Å². The summed E-state index contributed by atoms with van der Waals surface area (Å²) in [6.45, 7) is 2.58. The Bertz CT molecular complexity index is 1080. The zero-order chi connectivity index (χ0) is 23.6. The molecule has 0 spiro atoms. The van der Waals surface area contributed by atoms with Gasteiger partial charge in [0.1, 0.15) is 24.7 Å². The molecule has 3 aromatic carbocycles. The summed E-state index contributed by atoms with van der Waals surface area (Å²) in [6, 6.07) is 24.1. The standard InChI is InChI=1S/C27H29N3O4/c31-26(20-28-23-8-6-7-21(19-23)27(32)30-15-4-5-16-30)29-22-11-13-25(14-12-22)34-18-17-33-24-9-2-1-3-10-24/h1-3,6-14,19,28H,4-5,15-18,20H2,(H,29,31). The highest BCUT2D eigenvalue weighted by molar-refractivity contribution is 5.96. The molecule has 1 fully saturated rings. The predicted molar refractivity (Wildman–Crippen MR) is 133 cm³/mol. The quantitative estimate of drug-likeness (QED) is 0.439. The highest BCUT2D eigenvalue weighted by Crippen LogP contribution is 2.18. The Morgan fingerprint density at radius 1 is 0.765 bits per heavy atom. The van der Waals surface area contributed by atoms with Crippen molar-refractivity contribution in [3.63, 3.8) is 0 Å². The Labute approximate surface area is 199 Å². The van der Waals surface area contributed by atoms with Crippen LogP contribution >= 0.6 is 0 Å². The molecule has 0 unspecified atom stereocenters. The van der Waals surface area contributed by atoms with Gasteiger partial charge in [-0.2, -0.15) is 0 Å². The molecule has 176 valence electrons. The van der Waals surface area contributed by atoms with Crippen LogP contribution in [0, 0.1) is 0 Å². The molecule has 1 saturated heterocycles. The number of nitrogens with one attached hydrogen (secondary N) is 2. The summed E-state index contributed by atoms with van der Waals surface area (Å²) in [6.07, 6.45) is 2.11. The largest absolute Gasteiger partial charge is 0.490 e. The van der Waals surface area contributed by atoms with Crippen molar-refractivity contribution in [3.8, 4) is 11.5 Å². The van der Waals surface area contributed by atoms with Crippen molar-refractivity contribution >= 4 is 23.2 Å². The number of likely N-dealkylation sites (tertiary alicyclic amines) is 1. The number of carbonyl (C=O) groups is 2. The van der Waals surface area contributed by atoms with Crippen LogP contribution < -0.4 is 20.1 Å². The first-order chi connectivity index (χ1) is 16.7. The molecular formula is C27H29N3O4. The number of benzene rings is 3. The summed E-state index contributed by atoms with van der Waals surface area (Å²) in [7, 11) is 0. The number of hydrogen-bond acceptors (Lipinski definition) is 5. The van der Waals surface area contributed by atoms with Gasteiger partial charge in [-0.15, -0.1) is 0 Å². The van der Waals surface area contributed by atoms with Gasteiger partial charge in [0.2, 0.25) is 5.91 Å². The van der Waals surface area contributed by atoms with E-state index in [1.165, 1.54) is 0 Å². The van der Waals surface area contributed by atoms with Gasteiger partial charge in [-0.05, 0) is 67.4 Å². The maximum Gasteiger partial charge on any atom is 0.253 e. The average molecular weight is 460 g/mol. The molecule has 7 nitrogen and oxygen atoms in total. The van der Waals surface area contributed by atoms with E-state index in [4.69, 9.17) is 9.47 Å². The third-order valence-corrected chi connectivity index (χ3v) is 5.46. The molecule has 4 rings (SSSR count). The van der Waals surface area contributed by atoms with Crippen LogP contribution in [0.15, 0.2) is 78.9 Å². The van der Waals surface area contributed by atoms with Crippen LogP contribution in [0.3, 0.4) is 0 Å². The Hall–Kier alpha value is -4.00. The van der Waals surface area contributed by atoms with E-state index < -0.39 is 0 Å². The van der Waals surface area contributed by atoms with E-state index in [0.29, 0.717) is 30.2 Å². The SMILES string of the molecule is O=C(CNc1cccc(C(=O)N2CCCC2)c1)Nc1ccc(OCCOc2ccccc2)cc1. The molecule has 0 radical (unpaired) electrons. The molecule has 1 heterocycles. The van der Waals surface area contributed by atoms with E-state index in [1.54, 1.807) is 30.3 Å². The third kappa shape index (κ3) is 6.75. The molecule has 2 amide bonds. The maximum atomic E-state index is 12.6. The van der Waals surface area contributed by atoms with Crippen LogP contribution in [-0.2, 0) is 4.79 Å². The highest BCUT2D eigenvalue weighted by Gasteiger charge is 2.19. The summed E-state index contributed by atoms with van der Waals surface area (Å²) in [4.78, 5) is 26.8. The minimum atomic E-state index is -0.179. The number of carbonyl (C=O) groups excluding carboxylic acids is 2. The zero-order valence-electron chi connectivity index (χ0n) is 19.0. The first kappa shape index (κ1) is 23.2. The van der Waals surface area contributed by atoms with Gasteiger partial charge in [0.05, 0.1) is 6.54 Å². The van der Waals surface area contributed by atoms with Crippen molar-refractivity contribution in [3.05, 3.63) is 84.4 Å². The molecule has 0 saturated carbocycles. The molecule has 0 aromatic heterocycles. The van der Waals surface area contributed by atoms with Gasteiger partial charge in [-0.1, -0.05) is 24.3 Å². The lowest BCUT2D eigenvalue weighted by atomic mass is 10.1. The van der Waals surface area contributed by atoms with Gasteiger partial charge in [0.25, 0.3) is 5.91 Å². The second-order valence-electron chi connectivity index (χ2n) is 8.02. The van der Waals surface area contributed by atoms with E-state index in [1.807, 2.05) is 53.4 Å². The molecule has 3 aromatic rings. The number of anilines is 2. The summed E-state index contributed by atoms with van der Waals surface area (Å²) in [5.41, 5.74) is 2.05. The van der Waals surface area contributed by atoms with Crippen molar-refractivity contribution in [1.82, 2.24) is 4.90 Å². The predicted octanol–water partition coefficient (Wildman–Crippen LogP) is 4.43. The van der Waals surface area contributed by atoms with Crippen LogP contribution in [0.1, 0.15) is 23.2 Å². The van der Waals surface area contributed by atoms with E-state index in [-0.39, 0.29) is 18.4 Å². The summed E-state index contributed by atoms with van der Waals surface area (Å²) >= 11 is 0. The van der Waals surface area contributed by atoms with Gasteiger partial charge in [0.15, 0.2) is 0 Å². The number of rotatable bonds is 10. The van der Waals surface area contributed by atoms with Gasteiger partial charge >= 0.3 is 0 Å². The number of para-hydroxylation sites is 1. The Morgan fingerprint density at radius 2 is 1.44 bits per heavy atom. The van der Waals surface area contributed by atoms with Crippen molar-refractivity contribution in [1.29, 1.82) is 0 Å². The van der Waals surface area contributed by atoms with Gasteiger partial charge in [-0.3, -0.25) is 9.59 Å². The summed E-state index contributed by atoms with van der Waals surface area (Å²) in [5.74, 6) is 1.37. The minimum Gasteiger partial charge on any atom is -0.490 e. The second kappa shape index (κ2) is 11.7. The number of amides is 2. The fourth-order valence-electron chi connectivity index (χ4n) is 3.72. The Balaban J connectivity index is 1.19.